The molecule has 15 heteroatoms. The summed E-state index contributed by atoms with van der Waals surface area (Å²) in [6.45, 7) is 4.61. The molecule has 0 spiro atoms. The molecule has 5 rings (SSSR count). The Morgan fingerprint density at radius 3 is 2.66 bits per heavy atom. The third-order valence-corrected chi connectivity index (χ3v) is 7.14. The Bertz CT molecular complexity index is 1460. The van der Waals surface area contributed by atoms with Crippen molar-refractivity contribution in [3.05, 3.63) is 28.8 Å². The van der Waals surface area contributed by atoms with Crippen molar-refractivity contribution in [3.8, 4) is 17.1 Å². The lowest BCUT2D eigenvalue weighted by Crippen LogP contribution is -2.48. The Kier molecular flexibility index (Phi) is 8.03. The van der Waals surface area contributed by atoms with Gasteiger partial charge < -0.3 is 35.8 Å². The van der Waals surface area contributed by atoms with Crippen molar-refractivity contribution in [2.24, 2.45) is 0 Å². The van der Waals surface area contributed by atoms with Crippen molar-refractivity contribution < 1.29 is 36.5 Å². The van der Waals surface area contributed by atoms with Crippen LogP contribution in [-0.2, 0) is 10.9 Å². The molecule has 2 unspecified atom stereocenters. The van der Waals surface area contributed by atoms with Crippen LogP contribution in [0, 0.1) is 18.6 Å². The van der Waals surface area contributed by atoms with Crippen molar-refractivity contribution in [2.75, 3.05) is 62.0 Å². The quantitative estimate of drug-likeness (QED) is 0.269. The van der Waals surface area contributed by atoms with E-state index >= 15 is 4.39 Å². The van der Waals surface area contributed by atoms with Crippen LogP contribution in [0.4, 0.5) is 39.4 Å². The number of aromatic nitrogens is 3. The van der Waals surface area contributed by atoms with E-state index < -0.39 is 58.0 Å². The van der Waals surface area contributed by atoms with Gasteiger partial charge in [-0.15, -0.1) is 0 Å². The predicted molar refractivity (Wildman–Crippen MR) is 142 cm³/mol. The van der Waals surface area contributed by atoms with Crippen molar-refractivity contribution in [1.82, 2.24) is 20.3 Å². The smallest absolute Gasteiger partial charge is 0.417 e. The number of pyridine rings is 1. The van der Waals surface area contributed by atoms with Gasteiger partial charge in [-0.3, -0.25) is 0 Å². The van der Waals surface area contributed by atoms with E-state index in [2.05, 4.69) is 25.6 Å². The molecule has 0 aliphatic carbocycles. The van der Waals surface area contributed by atoms with Crippen LogP contribution in [-0.4, -0.2) is 78.2 Å². The average molecular weight is 584 g/mol. The van der Waals surface area contributed by atoms with Crippen molar-refractivity contribution in [3.63, 3.8) is 0 Å². The number of halogens is 5. The highest BCUT2D eigenvalue weighted by Gasteiger charge is 2.39. The highest BCUT2D eigenvalue weighted by Crippen LogP contribution is 2.44. The van der Waals surface area contributed by atoms with Crippen LogP contribution in [0.3, 0.4) is 0 Å². The number of ether oxygens (including phenoxy) is 2. The normalized spacial score (nSPS) is 20.3. The van der Waals surface area contributed by atoms with E-state index in [4.69, 9.17) is 15.2 Å². The first kappa shape index (κ1) is 29.0. The summed E-state index contributed by atoms with van der Waals surface area (Å²) in [5.41, 5.74) is 1.08. The predicted octanol–water partition coefficient (Wildman–Crippen LogP) is 3.25. The second kappa shape index (κ2) is 11.4. The number of nitrogen functional groups attached to an aromatic ring is 1. The second-order valence-electron chi connectivity index (χ2n) is 10.00. The molecule has 1 fully saturated rings. The number of nitrogens with zero attached hydrogens (tertiary/aromatic N) is 4. The lowest BCUT2D eigenvalue weighted by atomic mass is 9.96. The Morgan fingerprint density at radius 2 is 1.93 bits per heavy atom. The zero-order valence-corrected chi connectivity index (χ0v) is 22.4. The summed E-state index contributed by atoms with van der Waals surface area (Å²) in [6, 6.07) is 0.188. The number of morpholine rings is 1. The molecule has 5 N–H and O–H groups in total. The number of hydrogen-bond donors (Lipinski definition) is 4. The summed E-state index contributed by atoms with van der Waals surface area (Å²) < 4.78 is 85.3. The highest BCUT2D eigenvalue weighted by molar-refractivity contribution is 5.97. The van der Waals surface area contributed by atoms with E-state index in [0.717, 1.165) is 13.0 Å². The van der Waals surface area contributed by atoms with E-state index in [0.29, 0.717) is 32.7 Å². The van der Waals surface area contributed by atoms with Crippen LogP contribution >= 0.6 is 0 Å². The number of hydrogen-bond acceptors (Lipinski definition) is 10. The second-order valence-corrected chi connectivity index (χ2v) is 10.00. The molecule has 2 aliphatic rings. The number of alkyl halides is 3. The molecule has 0 bridgehead atoms. The molecule has 10 nitrogen and oxygen atoms in total. The lowest BCUT2D eigenvalue weighted by molar-refractivity contribution is -0.137. The fourth-order valence-corrected chi connectivity index (χ4v) is 5.04. The van der Waals surface area contributed by atoms with Crippen LogP contribution < -0.4 is 26.0 Å². The van der Waals surface area contributed by atoms with E-state index in [1.807, 2.05) is 0 Å². The van der Waals surface area contributed by atoms with Crippen molar-refractivity contribution in [2.45, 2.75) is 38.6 Å². The molecule has 2 atom stereocenters. The zero-order chi connectivity index (χ0) is 29.5. The van der Waals surface area contributed by atoms with Gasteiger partial charge in [-0.2, -0.15) is 18.2 Å². The molecule has 222 valence electrons. The van der Waals surface area contributed by atoms with Crippen LogP contribution in [0.1, 0.15) is 24.5 Å². The van der Waals surface area contributed by atoms with Gasteiger partial charge in [0.25, 0.3) is 0 Å². The van der Waals surface area contributed by atoms with Gasteiger partial charge in [-0.05, 0) is 38.4 Å². The number of nitrogens with one attached hydrogen (secondary N) is 2. The minimum absolute atomic E-state index is 0.0334. The fraction of sp³-hybridized carbons (Fsp3) is 0.500. The first-order valence-corrected chi connectivity index (χ1v) is 13.1. The van der Waals surface area contributed by atoms with Gasteiger partial charge in [0.1, 0.15) is 28.2 Å². The van der Waals surface area contributed by atoms with Gasteiger partial charge >= 0.3 is 6.18 Å². The molecule has 0 saturated carbocycles. The largest absolute Gasteiger partial charge is 0.474 e. The van der Waals surface area contributed by atoms with E-state index in [9.17, 15) is 22.7 Å². The molecular weight excluding hydrogens is 553 g/mol. The Morgan fingerprint density at radius 1 is 1.15 bits per heavy atom. The van der Waals surface area contributed by atoms with E-state index in [1.165, 1.54) is 0 Å². The molecule has 2 aromatic heterocycles. The molecule has 0 amide bonds. The number of benzene rings is 1. The maximum Gasteiger partial charge on any atom is 0.417 e. The van der Waals surface area contributed by atoms with E-state index in [1.54, 1.807) is 11.8 Å². The Labute approximate surface area is 232 Å². The minimum atomic E-state index is -5.05. The topological polar surface area (TPSA) is 131 Å². The third kappa shape index (κ3) is 5.53. The molecule has 1 aromatic carbocycles. The fourth-order valence-electron chi connectivity index (χ4n) is 5.04. The molecule has 2 aliphatic heterocycles. The third-order valence-electron chi connectivity index (χ3n) is 7.14. The summed E-state index contributed by atoms with van der Waals surface area (Å²) in [4.78, 5) is 14.9. The number of aliphatic hydroxyl groups is 1. The monoisotopic (exact) mass is 583 g/mol. The first-order chi connectivity index (χ1) is 19.5. The molecule has 41 heavy (non-hydrogen) atoms. The van der Waals surface area contributed by atoms with Gasteiger partial charge in [0.2, 0.25) is 11.8 Å². The molecule has 0 radical (unpaired) electrons. The van der Waals surface area contributed by atoms with Crippen LogP contribution in [0.2, 0.25) is 0 Å². The zero-order valence-electron chi connectivity index (χ0n) is 22.4. The number of nitrogens with two attached hydrogens (primary N) is 1. The van der Waals surface area contributed by atoms with Crippen LogP contribution in [0.15, 0.2) is 6.07 Å². The van der Waals surface area contributed by atoms with Gasteiger partial charge in [0.15, 0.2) is 5.82 Å². The Hall–Kier alpha value is -3.56. The summed E-state index contributed by atoms with van der Waals surface area (Å²) in [5.74, 6) is -2.44. The number of aliphatic hydroxyl groups excluding tert-OH is 1. The SMILES string of the molecule is Cc1c(F)c(N)cc(-c2nc3c4c(nc(N5CCOCC5CO)nc4c2F)NCCNCCC(C)O3)c1C(F)(F)F. The maximum atomic E-state index is 16.5. The van der Waals surface area contributed by atoms with Crippen molar-refractivity contribution >= 4 is 28.4 Å². The molecule has 4 heterocycles. The lowest BCUT2D eigenvalue weighted by Gasteiger charge is -2.34. The Balaban J connectivity index is 1.84. The standard InChI is InChI=1S/C26H30F5N7O3/c1-12-3-4-33-5-6-34-23-17-22(36-25(37-23)38-7-8-40-11-14(38)10-39)20(28)21(35-24(17)41-12)15-9-16(32)19(27)13(2)18(15)26(29,30)31/h9,12,14,33,39H,3-8,10-11,32H2,1-2H3,(H,34,36,37). The molecule has 3 aromatic rings. The molecule has 1 saturated heterocycles. The number of rotatable bonds is 3. The maximum absolute atomic E-state index is 16.5. The van der Waals surface area contributed by atoms with Gasteiger partial charge in [0.05, 0.1) is 43.2 Å². The van der Waals surface area contributed by atoms with Crippen LogP contribution in [0.5, 0.6) is 5.88 Å². The van der Waals surface area contributed by atoms with Gasteiger partial charge in [-0.1, -0.05) is 0 Å². The summed E-state index contributed by atoms with van der Waals surface area (Å²) >= 11 is 0. The summed E-state index contributed by atoms with van der Waals surface area (Å²) in [5, 5.41) is 16.3. The minimum Gasteiger partial charge on any atom is -0.474 e. The highest BCUT2D eigenvalue weighted by atomic mass is 19.4. The van der Waals surface area contributed by atoms with Crippen molar-refractivity contribution in [1.29, 1.82) is 0 Å². The molecular formula is C26H30F5N7O3. The average Bonchev–Trinajstić information content (AvgIpc) is 2.96. The summed E-state index contributed by atoms with van der Waals surface area (Å²) in [7, 11) is 0. The number of anilines is 3. The van der Waals surface area contributed by atoms with Crippen LogP contribution in [0.25, 0.3) is 22.2 Å². The van der Waals surface area contributed by atoms with Gasteiger partial charge in [0, 0.05) is 25.2 Å². The van der Waals surface area contributed by atoms with Gasteiger partial charge in [-0.25, -0.2) is 18.7 Å². The first-order valence-electron chi connectivity index (χ1n) is 13.1. The summed E-state index contributed by atoms with van der Waals surface area (Å²) in [6.07, 6.45) is -5.00. The van der Waals surface area contributed by atoms with E-state index in [-0.39, 0.29) is 48.3 Å².